The second-order valence-electron chi connectivity index (χ2n) is 3.70. The van der Waals surface area contributed by atoms with Crippen LogP contribution in [0.4, 0.5) is 0 Å². The highest BCUT2D eigenvalue weighted by atomic mass is 79.9. The Kier molecular flexibility index (Phi) is 3.84. The Morgan fingerprint density at radius 2 is 2.18 bits per heavy atom. The van der Waals surface area contributed by atoms with Crippen molar-refractivity contribution in [3.8, 4) is 5.75 Å². The van der Waals surface area contributed by atoms with E-state index in [1.165, 1.54) is 0 Å². The van der Waals surface area contributed by atoms with Gasteiger partial charge < -0.3 is 9.47 Å². The molecule has 1 aliphatic rings. The summed E-state index contributed by atoms with van der Waals surface area (Å²) in [5.41, 5.74) is 0.959. The van der Waals surface area contributed by atoms with Gasteiger partial charge >= 0.3 is 0 Å². The summed E-state index contributed by atoms with van der Waals surface area (Å²) in [6, 6.07) is 7.69. The van der Waals surface area contributed by atoms with Crippen molar-refractivity contribution in [2.75, 3.05) is 12.4 Å². The minimum Gasteiger partial charge on any atom is -0.497 e. The Balaban J connectivity index is 2.20. The van der Waals surface area contributed by atoms with E-state index in [0.717, 1.165) is 16.6 Å². The average Bonchev–Trinajstić information content (AvgIpc) is 2.82. The number of aliphatic imine (C=N–C) groups is 1. The number of alkyl halides is 1. The molecule has 0 saturated carbocycles. The monoisotopic (exact) mass is 295 g/mol. The largest absolute Gasteiger partial charge is 0.497 e. The van der Waals surface area contributed by atoms with Gasteiger partial charge in [-0.25, -0.2) is 4.99 Å². The van der Waals surface area contributed by atoms with E-state index in [0.29, 0.717) is 5.90 Å². The zero-order chi connectivity index (χ0) is 12.3. The van der Waals surface area contributed by atoms with Crippen LogP contribution in [0.1, 0.15) is 5.56 Å². The molecule has 0 spiro atoms. The maximum Gasteiger partial charge on any atom is 0.217 e. The third-order valence-corrected chi connectivity index (χ3v) is 3.28. The molecule has 0 N–H and O–H groups in total. The van der Waals surface area contributed by atoms with E-state index in [4.69, 9.17) is 9.47 Å². The maximum atomic E-state index is 5.76. The fourth-order valence-electron chi connectivity index (χ4n) is 1.67. The molecule has 0 fully saturated rings. The van der Waals surface area contributed by atoms with Crippen LogP contribution in [-0.2, 0) is 4.74 Å². The van der Waals surface area contributed by atoms with E-state index in [1.807, 2.05) is 30.3 Å². The van der Waals surface area contributed by atoms with Gasteiger partial charge in [-0.3, -0.25) is 0 Å². The lowest BCUT2D eigenvalue weighted by atomic mass is 10.2. The highest BCUT2D eigenvalue weighted by Gasteiger charge is 2.28. The number of benzene rings is 1. The van der Waals surface area contributed by atoms with E-state index in [9.17, 15) is 0 Å². The third-order valence-electron chi connectivity index (χ3n) is 2.64. The molecule has 1 heterocycles. The smallest absolute Gasteiger partial charge is 0.217 e. The zero-order valence-electron chi connectivity index (χ0n) is 9.60. The first kappa shape index (κ1) is 12.2. The Hall–Kier alpha value is -1.29. The first-order valence-electron chi connectivity index (χ1n) is 5.36. The number of hydrogen-bond acceptors (Lipinski definition) is 3. The van der Waals surface area contributed by atoms with Gasteiger partial charge in [-0.15, -0.1) is 6.58 Å². The predicted octanol–water partition coefficient (Wildman–Crippen LogP) is 2.79. The van der Waals surface area contributed by atoms with Crippen LogP contribution in [0.5, 0.6) is 5.75 Å². The minimum atomic E-state index is 0.0199. The molecule has 0 aromatic heterocycles. The van der Waals surface area contributed by atoms with Crippen molar-refractivity contribution >= 4 is 21.8 Å². The summed E-state index contributed by atoms with van der Waals surface area (Å²) in [5, 5.41) is 0.743. The SMILES string of the molecule is C=C[C@@H]1N=C(c2ccc(OC)cc2)O[C@@H]1CBr. The van der Waals surface area contributed by atoms with Gasteiger partial charge in [0.2, 0.25) is 5.90 Å². The van der Waals surface area contributed by atoms with Crippen LogP contribution in [0, 0.1) is 0 Å². The number of ether oxygens (including phenoxy) is 2. The summed E-state index contributed by atoms with van der Waals surface area (Å²) >= 11 is 3.41. The molecule has 3 nitrogen and oxygen atoms in total. The Labute approximate surface area is 109 Å². The van der Waals surface area contributed by atoms with Crippen LogP contribution in [0.15, 0.2) is 41.9 Å². The van der Waals surface area contributed by atoms with Crippen LogP contribution < -0.4 is 4.74 Å². The highest BCUT2D eigenvalue weighted by molar-refractivity contribution is 9.09. The minimum absolute atomic E-state index is 0.0199. The Morgan fingerprint density at radius 1 is 1.47 bits per heavy atom. The molecule has 0 unspecified atom stereocenters. The second-order valence-corrected chi connectivity index (χ2v) is 4.35. The number of hydrogen-bond donors (Lipinski definition) is 0. The van der Waals surface area contributed by atoms with Crippen molar-refractivity contribution in [3.63, 3.8) is 0 Å². The fraction of sp³-hybridized carbons (Fsp3) is 0.308. The summed E-state index contributed by atoms with van der Waals surface area (Å²) in [6.45, 7) is 3.77. The highest BCUT2D eigenvalue weighted by Crippen LogP contribution is 2.21. The van der Waals surface area contributed by atoms with Gasteiger partial charge in [-0.2, -0.15) is 0 Å². The lowest BCUT2D eigenvalue weighted by Gasteiger charge is -2.11. The molecule has 0 bridgehead atoms. The van der Waals surface area contributed by atoms with Gasteiger partial charge in [0.25, 0.3) is 0 Å². The number of halogens is 1. The van der Waals surface area contributed by atoms with Gasteiger partial charge in [0.1, 0.15) is 17.9 Å². The zero-order valence-corrected chi connectivity index (χ0v) is 11.2. The van der Waals surface area contributed by atoms with Crippen molar-refractivity contribution in [1.29, 1.82) is 0 Å². The standard InChI is InChI=1S/C13H14BrNO2/c1-3-11-12(8-14)17-13(15-11)9-4-6-10(16-2)7-5-9/h3-7,11-12H,1,8H2,2H3/t11-,12+/m0/s1. The summed E-state index contributed by atoms with van der Waals surface area (Å²) in [4.78, 5) is 4.49. The molecule has 4 heteroatoms. The first-order valence-corrected chi connectivity index (χ1v) is 6.48. The molecular weight excluding hydrogens is 282 g/mol. The van der Waals surface area contributed by atoms with Crippen LogP contribution >= 0.6 is 15.9 Å². The maximum absolute atomic E-state index is 5.76. The Bertz CT molecular complexity index is 428. The van der Waals surface area contributed by atoms with Crippen molar-refractivity contribution < 1.29 is 9.47 Å². The molecule has 1 aromatic rings. The Morgan fingerprint density at radius 3 is 2.65 bits per heavy atom. The summed E-state index contributed by atoms with van der Waals surface area (Å²) in [5.74, 6) is 1.49. The van der Waals surface area contributed by atoms with Gasteiger partial charge in [0.05, 0.1) is 7.11 Å². The molecule has 0 aliphatic carbocycles. The number of nitrogens with zero attached hydrogens (tertiary/aromatic N) is 1. The van der Waals surface area contributed by atoms with E-state index >= 15 is 0 Å². The number of rotatable bonds is 4. The van der Waals surface area contributed by atoms with Crippen LogP contribution in [0.25, 0.3) is 0 Å². The van der Waals surface area contributed by atoms with Crippen molar-refractivity contribution in [3.05, 3.63) is 42.5 Å². The third kappa shape index (κ3) is 2.52. The summed E-state index contributed by atoms with van der Waals surface area (Å²) < 4.78 is 10.9. The summed E-state index contributed by atoms with van der Waals surface area (Å²) in [6.07, 6.45) is 1.84. The van der Waals surface area contributed by atoms with Crippen LogP contribution in [-0.4, -0.2) is 30.5 Å². The first-order chi connectivity index (χ1) is 8.28. The molecule has 0 radical (unpaired) electrons. The van der Waals surface area contributed by atoms with Crippen molar-refractivity contribution in [2.45, 2.75) is 12.1 Å². The van der Waals surface area contributed by atoms with E-state index in [2.05, 4.69) is 27.5 Å². The summed E-state index contributed by atoms with van der Waals surface area (Å²) in [7, 11) is 1.65. The van der Waals surface area contributed by atoms with Crippen LogP contribution in [0.2, 0.25) is 0 Å². The van der Waals surface area contributed by atoms with E-state index in [-0.39, 0.29) is 12.1 Å². The molecule has 90 valence electrons. The van der Waals surface area contributed by atoms with Gasteiger partial charge in [0, 0.05) is 10.9 Å². The molecule has 0 saturated heterocycles. The second kappa shape index (κ2) is 5.36. The van der Waals surface area contributed by atoms with Crippen LogP contribution in [0.3, 0.4) is 0 Å². The van der Waals surface area contributed by atoms with Crippen molar-refractivity contribution in [1.82, 2.24) is 0 Å². The van der Waals surface area contributed by atoms with E-state index < -0.39 is 0 Å². The topological polar surface area (TPSA) is 30.8 Å². The molecule has 1 aliphatic heterocycles. The molecular formula is C13H14BrNO2. The average molecular weight is 296 g/mol. The molecule has 2 atom stereocenters. The van der Waals surface area contributed by atoms with Gasteiger partial charge in [-0.1, -0.05) is 22.0 Å². The van der Waals surface area contributed by atoms with E-state index in [1.54, 1.807) is 7.11 Å². The fourth-order valence-corrected chi connectivity index (χ4v) is 2.18. The van der Waals surface area contributed by atoms with Crippen molar-refractivity contribution in [2.24, 2.45) is 4.99 Å². The molecule has 1 aromatic carbocycles. The molecule has 17 heavy (non-hydrogen) atoms. The lowest BCUT2D eigenvalue weighted by molar-refractivity contribution is 0.233. The quantitative estimate of drug-likeness (QED) is 0.632. The number of methoxy groups -OCH3 is 1. The lowest BCUT2D eigenvalue weighted by Crippen LogP contribution is -2.22. The predicted molar refractivity (Wildman–Crippen MR) is 72.2 cm³/mol. The molecule has 0 amide bonds. The van der Waals surface area contributed by atoms with Gasteiger partial charge in [-0.05, 0) is 24.3 Å². The molecule has 2 rings (SSSR count). The normalized spacial score (nSPS) is 22.8. The van der Waals surface area contributed by atoms with Gasteiger partial charge in [0.15, 0.2) is 0 Å².